The monoisotopic (exact) mass is 275 g/mol. The van der Waals surface area contributed by atoms with Crippen LogP contribution in [0.25, 0.3) is 0 Å². The average molecular weight is 275 g/mol. The van der Waals surface area contributed by atoms with Crippen LogP contribution in [0.15, 0.2) is 12.3 Å². The minimum Gasteiger partial charge on any atom is -0.344 e. The lowest BCUT2D eigenvalue weighted by molar-refractivity contribution is 0.0934. The highest BCUT2D eigenvalue weighted by atomic mass is 16.2. The molecule has 0 radical (unpaired) electrons. The highest BCUT2D eigenvalue weighted by Gasteiger charge is 2.17. The van der Waals surface area contributed by atoms with Gasteiger partial charge in [0.25, 0.3) is 5.91 Å². The van der Waals surface area contributed by atoms with Crippen molar-refractivity contribution >= 4 is 5.91 Å². The van der Waals surface area contributed by atoms with Gasteiger partial charge in [0.05, 0.1) is 11.7 Å². The average Bonchev–Trinajstić information content (AvgIpc) is 2.93. The lowest BCUT2D eigenvalue weighted by Gasteiger charge is -2.11. The number of hydrogen-bond acceptors (Lipinski definition) is 3. The molecule has 0 saturated heterocycles. The van der Waals surface area contributed by atoms with Gasteiger partial charge in [0.2, 0.25) is 0 Å². The Morgan fingerprint density at radius 2 is 2.10 bits per heavy atom. The maximum Gasteiger partial charge on any atom is 0.272 e. The Kier molecular flexibility index (Phi) is 3.92. The predicted octanol–water partition coefficient (Wildman–Crippen LogP) is 1.74. The van der Waals surface area contributed by atoms with E-state index in [4.69, 9.17) is 0 Å². The van der Waals surface area contributed by atoms with Crippen molar-refractivity contribution < 1.29 is 4.79 Å². The molecule has 0 aromatic carbocycles. The number of aromatic nitrogens is 4. The number of rotatable bonds is 4. The van der Waals surface area contributed by atoms with Crippen molar-refractivity contribution in [3.63, 3.8) is 0 Å². The molecule has 0 aliphatic heterocycles. The molecule has 0 aliphatic rings. The van der Waals surface area contributed by atoms with E-state index in [1.807, 2.05) is 45.6 Å². The SMILES string of the molecule is CCn1cc(C(C)NC(=O)c2cc(C)n(C)n2)c(C)n1. The van der Waals surface area contributed by atoms with Crippen molar-refractivity contribution in [2.75, 3.05) is 0 Å². The quantitative estimate of drug-likeness (QED) is 0.924. The van der Waals surface area contributed by atoms with Crippen LogP contribution in [0.1, 0.15) is 47.3 Å². The third kappa shape index (κ3) is 2.74. The summed E-state index contributed by atoms with van der Waals surface area (Å²) < 4.78 is 3.57. The largest absolute Gasteiger partial charge is 0.344 e. The molecular formula is C14H21N5O. The Morgan fingerprint density at radius 3 is 2.60 bits per heavy atom. The molecule has 2 rings (SSSR count). The third-order valence-electron chi connectivity index (χ3n) is 3.47. The zero-order chi connectivity index (χ0) is 14.9. The molecule has 108 valence electrons. The number of nitrogens with one attached hydrogen (secondary N) is 1. The number of carbonyl (C=O) groups excluding carboxylic acids is 1. The van der Waals surface area contributed by atoms with Crippen LogP contribution in [0.3, 0.4) is 0 Å². The molecule has 6 nitrogen and oxygen atoms in total. The third-order valence-corrected chi connectivity index (χ3v) is 3.47. The van der Waals surface area contributed by atoms with E-state index in [9.17, 15) is 4.79 Å². The first-order valence-corrected chi connectivity index (χ1v) is 6.77. The molecule has 1 unspecified atom stereocenters. The molecule has 1 atom stereocenters. The molecule has 0 fully saturated rings. The molecular weight excluding hydrogens is 254 g/mol. The van der Waals surface area contributed by atoms with Crippen molar-refractivity contribution in [1.29, 1.82) is 0 Å². The van der Waals surface area contributed by atoms with Crippen LogP contribution in [-0.2, 0) is 13.6 Å². The van der Waals surface area contributed by atoms with Crippen LogP contribution in [0.4, 0.5) is 0 Å². The number of carbonyl (C=O) groups is 1. The van der Waals surface area contributed by atoms with E-state index in [1.165, 1.54) is 0 Å². The van der Waals surface area contributed by atoms with Crippen LogP contribution in [0, 0.1) is 13.8 Å². The van der Waals surface area contributed by atoms with Gasteiger partial charge < -0.3 is 5.32 Å². The smallest absolute Gasteiger partial charge is 0.272 e. The molecule has 6 heteroatoms. The van der Waals surface area contributed by atoms with Gasteiger partial charge in [0.15, 0.2) is 0 Å². The molecule has 0 spiro atoms. The molecule has 2 aromatic heterocycles. The number of amides is 1. The minimum atomic E-state index is -0.162. The Labute approximate surface area is 118 Å². The first-order valence-electron chi connectivity index (χ1n) is 6.77. The Balaban J connectivity index is 2.12. The molecule has 2 aromatic rings. The van der Waals surface area contributed by atoms with Crippen LogP contribution in [-0.4, -0.2) is 25.5 Å². The van der Waals surface area contributed by atoms with Crippen LogP contribution >= 0.6 is 0 Å². The van der Waals surface area contributed by atoms with Crippen molar-refractivity contribution in [1.82, 2.24) is 24.9 Å². The zero-order valence-electron chi connectivity index (χ0n) is 12.6. The predicted molar refractivity (Wildman–Crippen MR) is 76.5 cm³/mol. The summed E-state index contributed by atoms with van der Waals surface area (Å²) in [5.41, 5.74) is 3.37. The normalized spacial score (nSPS) is 12.4. The second kappa shape index (κ2) is 5.48. The summed E-state index contributed by atoms with van der Waals surface area (Å²) in [6.45, 7) is 8.69. The molecule has 2 heterocycles. The van der Waals surface area contributed by atoms with E-state index in [1.54, 1.807) is 10.7 Å². The molecule has 0 saturated carbocycles. The summed E-state index contributed by atoms with van der Waals surface area (Å²) in [6, 6.07) is 1.69. The minimum absolute atomic E-state index is 0.0925. The summed E-state index contributed by atoms with van der Waals surface area (Å²) in [4.78, 5) is 12.2. The van der Waals surface area contributed by atoms with Gasteiger partial charge in [-0.15, -0.1) is 0 Å². The van der Waals surface area contributed by atoms with E-state index >= 15 is 0 Å². The lowest BCUT2D eigenvalue weighted by atomic mass is 10.1. The number of aryl methyl sites for hydroxylation is 4. The van der Waals surface area contributed by atoms with Gasteiger partial charge >= 0.3 is 0 Å². The number of hydrogen-bond donors (Lipinski definition) is 1. The fraction of sp³-hybridized carbons (Fsp3) is 0.500. The van der Waals surface area contributed by atoms with Crippen LogP contribution in [0.5, 0.6) is 0 Å². The van der Waals surface area contributed by atoms with Gasteiger partial charge in [-0.25, -0.2) is 0 Å². The van der Waals surface area contributed by atoms with Crippen LogP contribution in [0.2, 0.25) is 0 Å². The van der Waals surface area contributed by atoms with Crippen molar-refractivity contribution in [3.05, 3.63) is 34.9 Å². The molecule has 0 aliphatic carbocycles. The summed E-state index contributed by atoms with van der Waals surface area (Å²) in [5.74, 6) is -0.162. The molecule has 1 N–H and O–H groups in total. The van der Waals surface area contributed by atoms with Gasteiger partial charge in [-0.2, -0.15) is 10.2 Å². The Morgan fingerprint density at radius 1 is 1.40 bits per heavy atom. The van der Waals surface area contributed by atoms with E-state index in [-0.39, 0.29) is 11.9 Å². The molecule has 20 heavy (non-hydrogen) atoms. The standard InChI is InChI=1S/C14H21N5O/c1-6-19-8-12(11(4)16-19)10(3)15-14(20)13-7-9(2)18(5)17-13/h7-8,10H,6H2,1-5H3,(H,15,20). The zero-order valence-corrected chi connectivity index (χ0v) is 12.6. The summed E-state index contributed by atoms with van der Waals surface area (Å²) in [7, 11) is 1.82. The second-order valence-electron chi connectivity index (χ2n) is 5.02. The lowest BCUT2D eigenvalue weighted by Crippen LogP contribution is -2.27. The van der Waals surface area contributed by atoms with Crippen molar-refractivity contribution in [2.45, 2.75) is 40.3 Å². The first kappa shape index (κ1) is 14.3. The van der Waals surface area contributed by atoms with Crippen molar-refractivity contribution in [2.24, 2.45) is 7.05 Å². The highest BCUT2D eigenvalue weighted by Crippen LogP contribution is 2.16. The fourth-order valence-electron chi connectivity index (χ4n) is 2.14. The van der Waals surface area contributed by atoms with E-state index < -0.39 is 0 Å². The maximum absolute atomic E-state index is 12.2. The topological polar surface area (TPSA) is 64.7 Å². The molecule has 1 amide bonds. The number of nitrogens with zero attached hydrogens (tertiary/aromatic N) is 4. The Hall–Kier alpha value is -2.11. The van der Waals surface area contributed by atoms with E-state index in [0.717, 1.165) is 23.5 Å². The second-order valence-corrected chi connectivity index (χ2v) is 5.02. The van der Waals surface area contributed by atoms with Gasteiger partial charge in [0, 0.05) is 31.0 Å². The highest BCUT2D eigenvalue weighted by molar-refractivity contribution is 5.92. The van der Waals surface area contributed by atoms with E-state index in [2.05, 4.69) is 15.5 Å². The van der Waals surface area contributed by atoms with Gasteiger partial charge in [0.1, 0.15) is 5.69 Å². The van der Waals surface area contributed by atoms with Gasteiger partial charge in [-0.1, -0.05) is 0 Å². The van der Waals surface area contributed by atoms with Gasteiger partial charge in [-0.05, 0) is 33.8 Å². The summed E-state index contributed by atoms with van der Waals surface area (Å²) in [5, 5.41) is 11.5. The summed E-state index contributed by atoms with van der Waals surface area (Å²) >= 11 is 0. The van der Waals surface area contributed by atoms with Crippen molar-refractivity contribution in [3.8, 4) is 0 Å². The summed E-state index contributed by atoms with van der Waals surface area (Å²) in [6.07, 6.45) is 1.98. The molecule has 0 bridgehead atoms. The fourth-order valence-corrected chi connectivity index (χ4v) is 2.14. The Bertz CT molecular complexity index is 606. The van der Waals surface area contributed by atoms with Gasteiger partial charge in [-0.3, -0.25) is 14.2 Å². The van der Waals surface area contributed by atoms with E-state index in [0.29, 0.717) is 5.69 Å². The van der Waals surface area contributed by atoms with Crippen LogP contribution < -0.4 is 5.32 Å². The first-order chi connectivity index (χ1) is 9.42. The maximum atomic E-state index is 12.2.